The highest BCUT2D eigenvalue weighted by Crippen LogP contribution is 2.20. The van der Waals surface area contributed by atoms with Gasteiger partial charge in [0.05, 0.1) is 12.6 Å². The zero-order chi connectivity index (χ0) is 12.3. The zero-order valence-corrected chi connectivity index (χ0v) is 9.86. The van der Waals surface area contributed by atoms with Gasteiger partial charge >= 0.3 is 0 Å². The first-order valence-corrected chi connectivity index (χ1v) is 6.26. The molecule has 1 aliphatic carbocycles. The van der Waals surface area contributed by atoms with Gasteiger partial charge in [0.15, 0.2) is 0 Å². The van der Waals surface area contributed by atoms with Crippen LogP contribution in [0.15, 0.2) is 0 Å². The van der Waals surface area contributed by atoms with Crippen molar-refractivity contribution in [3.8, 4) is 6.07 Å². The van der Waals surface area contributed by atoms with Gasteiger partial charge in [-0.15, -0.1) is 0 Å². The maximum atomic E-state index is 13.1. The Kier molecular flexibility index (Phi) is 3.95. The number of hydrogen-bond donors (Lipinski definition) is 1. The van der Waals surface area contributed by atoms with Gasteiger partial charge < -0.3 is 5.32 Å². The molecular weight excluding hydrogens is 221 g/mol. The molecule has 2 fully saturated rings. The highest BCUT2D eigenvalue weighted by molar-refractivity contribution is 5.78. The predicted octanol–water partition coefficient (Wildman–Crippen LogP) is 0.981. The molecule has 1 aliphatic heterocycles. The van der Waals surface area contributed by atoms with E-state index in [-0.39, 0.29) is 31.5 Å². The van der Waals surface area contributed by atoms with Crippen LogP contribution in [-0.4, -0.2) is 42.2 Å². The van der Waals surface area contributed by atoms with E-state index >= 15 is 0 Å². The molecule has 4 nitrogen and oxygen atoms in total. The highest BCUT2D eigenvalue weighted by atomic mass is 19.1. The van der Waals surface area contributed by atoms with Crippen LogP contribution >= 0.6 is 0 Å². The summed E-state index contributed by atoms with van der Waals surface area (Å²) in [5.41, 5.74) is 0. The van der Waals surface area contributed by atoms with Crippen LogP contribution in [-0.2, 0) is 4.79 Å². The molecule has 17 heavy (non-hydrogen) atoms. The first-order chi connectivity index (χ1) is 8.19. The number of alkyl halides is 1. The third-order valence-electron chi connectivity index (χ3n) is 3.57. The predicted molar refractivity (Wildman–Crippen MR) is 60.9 cm³/mol. The highest BCUT2D eigenvalue weighted by Gasteiger charge is 2.33. The lowest BCUT2D eigenvalue weighted by atomic mass is 10.2. The molecule has 94 valence electrons. The van der Waals surface area contributed by atoms with Crippen molar-refractivity contribution in [1.29, 1.82) is 5.26 Å². The maximum absolute atomic E-state index is 13.1. The van der Waals surface area contributed by atoms with Gasteiger partial charge in [0.1, 0.15) is 12.2 Å². The van der Waals surface area contributed by atoms with Crippen LogP contribution in [0.4, 0.5) is 4.39 Å². The molecule has 2 aliphatic rings. The third kappa shape index (κ3) is 3.16. The van der Waals surface area contributed by atoms with Crippen LogP contribution in [0, 0.1) is 11.3 Å². The van der Waals surface area contributed by atoms with E-state index in [4.69, 9.17) is 5.26 Å². The van der Waals surface area contributed by atoms with E-state index in [2.05, 4.69) is 5.32 Å². The first kappa shape index (κ1) is 12.3. The number of amides is 1. The smallest absolute Gasteiger partial charge is 0.234 e. The largest absolute Gasteiger partial charge is 0.352 e. The lowest BCUT2D eigenvalue weighted by Gasteiger charge is -2.19. The Morgan fingerprint density at radius 2 is 2.18 bits per heavy atom. The standard InChI is InChI=1S/C12H18FN3O/c13-9-5-11(6-14)16(7-9)8-12(17)15-10-3-1-2-4-10/h9-11H,1-5,7-8H2,(H,15,17)/t9-,11-/m0/s1. The average molecular weight is 239 g/mol. The molecule has 0 spiro atoms. The van der Waals surface area contributed by atoms with Gasteiger partial charge in [-0.3, -0.25) is 9.69 Å². The van der Waals surface area contributed by atoms with Gasteiger partial charge in [0.2, 0.25) is 5.91 Å². The maximum Gasteiger partial charge on any atom is 0.234 e. The molecule has 1 amide bonds. The number of rotatable bonds is 3. The summed E-state index contributed by atoms with van der Waals surface area (Å²) in [6, 6.07) is 1.89. The molecule has 1 saturated heterocycles. The second-order valence-corrected chi connectivity index (χ2v) is 4.96. The molecular formula is C12H18FN3O. The summed E-state index contributed by atoms with van der Waals surface area (Å²) in [6.07, 6.45) is 3.68. The molecule has 1 N–H and O–H groups in total. The van der Waals surface area contributed by atoms with Crippen LogP contribution in [0.3, 0.4) is 0 Å². The molecule has 2 atom stereocenters. The lowest BCUT2D eigenvalue weighted by Crippen LogP contribution is -2.42. The van der Waals surface area contributed by atoms with Crippen molar-refractivity contribution >= 4 is 5.91 Å². The number of carbonyl (C=O) groups excluding carboxylic acids is 1. The van der Waals surface area contributed by atoms with Crippen LogP contribution in [0.2, 0.25) is 0 Å². The quantitative estimate of drug-likeness (QED) is 0.798. The molecule has 2 rings (SSSR count). The molecule has 5 heteroatoms. The molecule has 0 bridgehead atoms. The third-order valence-corrected chi connectivity index (χ3v) is 3.57. The Morgan fingerprint density at radius 1 is 1.47 bits per heavy atom. The number of carbonyl (C=O) groups is 1. The SMILES string of the molecule is N#C[C@@H]1C[C@H](F)CN1CC(=O)NC1CCCC1. The van der Waals surface area contributed by atoms with Crippen molar-refractivity contribution in [2.24, 2.45) is 0 Å². The molecule has 1 saturated carbocycles. The minimum Gasteiger partial charge on any atom is -0.352 e. The van der Waals surface area contributed by atoms with E-state index in [0.29, 0.717) is 0 Å². The van der Waals surface area contributed by atoms with Crippen molar-refractivity contribution in [2.75, 3.05) is 13.1 Å². The summed E-state index contributed by atoms with van der Waals surface area (Å²) in [6.45, 7) is 0.353. The molecule has 0 aromatic carbocycles. The van der Waals surface area contributed by atoms with Gasteiger partial charge in [-0.25, -0.2) is 4.39 Å². The van der Waals surface area contributed by atoms with E-state index in [0.717, 1.165) is 12.8 Å². The van der Waals surface area contributed by atoms with Gasteiger partial charge in [-0.05, 0) is 12.8 Å². The average Bonchev–Trinajstić information content (AvgIpc) is 2.88. The number of nitrogens with zero attached hydrogens (tertiary/aromatic N) is 2. The summed E-state index contributed by atoms with van der Waals surface area (Å²) in [5, 5.41) is 11.8. The number of likely N-dealkylation sites (tertiary alicyclic amines) is 1. The number of nitrogens with one attached hydrogen (secondary N) is 1. The monoisotopic (exact) mass is 239 g/mol. The van der Waals surface area contributed by atoms with E-state index in [9.17, 15) is 9.18 Å². The Morgan fingerprint density at radius 3 is 2.82 bits per heavy atom. The zero-order valence-electron chi connectivity index (χ0n) is 9.86. The van der Waals surface area contributed by atoms with Crippen molar-refractivity contribution in [3.05, 3.63) is 0 Å². The normalized spacial score (nSPS) is 30.4. The van der Waals surface area contributed by atoms with Crippen molar-refractivity contribution in [1.82, 2.24) is 10.2 Å². The van der Waals surface area contributed by atoms with Crippen molar-refractivity contribution < 1.29 is 9.18 Å². The molecule has 0 aromatic heterocycles. The molecule has 0 radical (unpaired) electrons. The molecule has 1 heterocycles. The van der Waals surface area contributed by atoms with Crippen LogP contribution < -0.4 is 5.32 Å². The number of nitriles is 1. The van der Waals surface area contributed by atoms with E-state index < -0.39 is 12.2 Å². The Labute approximate surface area is 101 Å². The van der Waals surface area contributed by atoms with Crippen molar-refractivity contribution in [3.63, 3.8) is 0 Å². The second kappa shape index (κ2) is 5.46. The Hall–Kier alpha value is -1.15. The van der Waals surface area contributed by atoms with Gasteiger partial charge in [0.25, 0.3) is 0 Å². The summed E-state index contributed by atoms with van der Waals surface area (Å²) in [5.74, 6) is -0.0775. The molecule has 0 aromatic rings. The summed E-state index contributed by atoms with van der Waals surface area (Å²) in [7, 11) is 0. The topological polar surface area (TPSA) is 56.1 Å². The summed E-state index contributed by atoms with van der Waals surface area (Å²) < 4.78 is 13.1. The van der Waals surface area contributed by atoms with Crippen LogP contribution in [0.1, 0.15) is 32.1 Å². The van der Waals surface area contributed by atoms with Gasteiger partial charge in [-0.2, -0.15) is 5.26 Å². The van der Waals surface area contributed by atoms with Crippen molar-refractivity contribution in [2.45, 2.75) is 50.4 Å². The molecule has 0 unspecified atom stereocenters. The lowest BCUT2D eigenvalue weighted by molar-refractivity contribution is -0.122. The summed E-state index contributed by atoms with van der Waals surface area (Å²) >= 11 is 0. The van der Waals surface area contributed by atoms with Crippen LogP contribution in [0.5, 0.6) is 0 Å². The van der Waals surface area contributed by atoms with Gasteiger partial charge in [0, 0.05) is 19.0 Å². The number of hydrogen-bond acceptors (Lipinski definition) is 3. The van der Waals surface area contributed by atoms with E-state index in [1.807, 2.05) is 6.07 Å². The fourth-order valence-electron chi connectivity index (χ4n) is 2.68. The second-order valence-electron chi connectivity index (χ2n) is 4.96. The van der Waals surface area contributed by atoms with E-state index in [1.165, 1.54) is 12.8 Å². The summed E-state index contributed by atoms with van der Waals surface area (Å²) in [4.78, 5) is 13.4. The Bertz CT molecular complexity index is 322. The van der Waals surface area contributed by atoms with Gasteiger partial charge in [-0.1, -0.05) is 12.8 Å². The fraction of sp³-hybridized carbons (Fsp3) is 0.833. The number of halogens is 1. The minimum atomic E-state index is -0.973. The fourth-order valence-corrected chi connectivity index (χ4v) is 2.68. The Balaban J connectivity index is 1.79. The van der Waals surface area contributed by atoms with E-state index in [1.54, 1.807) is 4.90 Å². The minimum absolute atomic E-state index is 0.0775. The first-order valence-electron chi connectivity index (χ1n) is 6.26. The van der Waals surface area contributed by atoms with Crippen LogP contribution in [0.25, 0.3) is 0 Å².